The van der Waals surface area contributed by atoms with Crippen LogP contribution >= 0.6 is 22.9 Å². The third-order valence-electron chi connectivity index (χ3n) is 3.43. The number of benzene rings is 1. The second-order valence-electron chi connectivity index (χ2n) is 5.20. The molecule has 4 heteroatoms. The summed E-state index contributed by atoms with van der Waals surface area (Å²) in [6, 6.07) is 11.8. The van der Waals surface area contributed by atoms with Crippen LogP contribution in [-0.2, 0) is 4.79 Å². The molecule has 0 atom stereocenters. The lowest BCUT2D eigenvalue weighted by atomic mass is 10.2. The Morgan fingerprint density at radius 3 is 2.86 bits per heavy atom. The van der Waals surface area contributed by atoms with Crippen molar-refractivity contribution >= 4 is 34.9 Å². The fourth-order valence-electron chi connectivity index (χ4n) is 2.03. The van der Waals surface area contributed by atoms with Gasteiger partial charge in [0.1, 0.15) is 0 Å². The van der Waals surface area contributed by atoms with Crippen molar-refractivity contribution in [3.63, 3.8) is 0 Å². The quantitative estimate of drug-likeness (QED) is 0.802. The molecule has 1 aromatic heterocycles. The molecular weight excluding hydrogens is 302 g/mol. The van der Waals surface area contributed by atoms with Crippen LogP contribution < -0.4 is 5.32 Å². The Morgan fingerprint density at radius 1 is 1.29 bits per heavy atom. The third-order valence-corrected chi connectivity index (χ3v) is 4.84. The molecule has 1 aliphatic rings. The van der Waals surface area contributed by atoms with Crippen LogP contribution in [0.4, 0.5) is 0 Å². The maximum Gasteiger partial charge on any atom is 0.244 e. The van der Waals surface area contributed by atoms with Crippen LogP contribution in [0.3, 0.4) is 0 Å². The molecule has 1 heterocycles. The second kappa shape index (κ2) is 6.46. The van der Waals surface area contributed by atoms with E-state index in [4.69, 9.17) is 11.6 Å². The molecular formula is C17H16ClNOS. The fourth-order valence-corrected chi connectivity index (χ4v) is 3.28. The summed E-state index contributed by atoms with van der Waals surface area (Å²) in [5, 5.41) is 3.67. The first-order valence-electron chi connectivity index (χ1n) is 7.03. The average molecular weight is 318 g/mol. The minimum Gasteiger partial charge on any atom is -0.352 e. The number of rotatable bonds is 5. The maximum absolute atomic E-state index is 11.7. The van der Waals surface area contributed by atoms with E-state index in [-0.39, 0.29) is 5.91 Å². The lowest BCUT2D eigenvalue weighted by molar-refractivity contribution is -0.116. The van der Waals surface area contributed by atoms with Crippen molar-refractivity contribution in [2.75, 3.05) is 6.54 Å². The zero-order valence-corrected chi connectivity index (χ0v) is 13.1. The smallest absolute Gasteiger partial charge is 0.244 e. The second-order valence-corrected chi connectivity index (χ2v) is 6.73. The van der Waals surface area contributed by atoms with Crippen LogP contribution in [0.1, 0.15) is 17.7 Å². The Bertz CT molecular complexity index is 673. The number of carbonyl (C=O) groups excluding carboxylic acids is 1. The molecule has 21 heavy (non-hydrogen) atoms. The largest absolute Gasteiger partial charge is 0.352 e. The first-order valence-corrected chi connectivity index (χ1v) is 8.22. The number of carbonyl (C=O) groups is 1. The molecule has 0 bridgehead atoms. The number of halogens is 1. The molecule has 1 aliphatic carbocycles. The number of thiophene rings is 1. The van der Waals surface area contributed by atoms with Gasteiger partial charge in [-0.15, -0.1) is 11.3 Å². The first-order chi connectivity index (χ1) is 10.2. The Kier molecular flexibility index (Phi) is 4.42. The van der Waals surface area contributed by atoms with Crippen LogP contribution in [-0.4, -0.2) is 12.5 Å². The van der Waals surface area contributed by atoms with E-state index in [1.165, 1.54) is 12.8 Å². The van der Waals surface area contributed by atoms with Crippen molar-refractivity contribution in [2.45, 2.75) is 12.8 Å². The van der Waals surface area contributed by atoms with E-state index in [9.17, 15) is 4.79 Å². The van der Waals surface area contributed by atoms with Gasteiger partial charge in [-0.2, -0.15) is 0 Å². The molecule has 1 fully saturated rings. The maximum atomic E-state index is 11.7. The van der Waals surface area contributed by atoms with Crippen LogP contribution in [0.5, 0.6) is 0 Å². The van der Waals surface area contributed by atoms with E-state index in [0.717, 1.165) is 26.9 Å². The molecule has 2 nitrogen and oxygen atoms in total. The fraction of sp³-hybridized carbons (Fsp3) is 0.235. The van der Waals surface area contributed by atoms with Crippen molar-refractivity contribution in [3.8, 4) is 10.4 Å². The number of amides is 1. The highest BCUT2D eigenvalue weighted by atomic mass is 35.5. The summed E-state index contributed by atoms with van der Waals surface area (Å²) in [7, 11) is 0. The van der Waals surface area contributed by atoms with Gasteiger partial charge in [-0.1, -0.05) is 29.8 Å². The topological polar surface area (TPSA) is 29.1 Å². The molecule has 0 aliphatic heterocycles. The molecule has 2 aromatic rings. The van der Waals surface area contributed by atoms with Gasteiger partial charge in [0.2, 0.25) is 5.91 Å². The van der Waals surface area contributed by atoms with Gasteiger partial charge in [0.25, 0.3) is 0 Å². The lowest BCUT2D eigenvalue weighted by Gasteiger charge is -1.99. The lowest BCUT2D eigenvalue weighted by Crippen LogP contribution is -2.23. The Hall–Kier alpha value is -1.58. The molecule has 0 unspecified atom stereocenters. The zero-order chi connectivity index (χ0) is 14.7. The van der Waals surface area contributed by atoms with Crippen molar-refractivity contribution in [2.24, 2.45) is 5.92 Å². The van der Waals surface area contributed by atoms with Gasteiger partial charge in [0, 0.05) is 33.0 Å². The highest BCUT2D eigenvalue weighted by Gasteiger charge is 2.20. The van der Waals surface area contributed by atoms with Gasteiger partial charge < -0.3 is 5.32 Å². The summed E-state index contributed by atoms with van der Waals surface area (Å²) in [4.78, 5) is 13.8. The Balaban J connectivity index is 1.64. The van der Waals surface area contributed by atoms with Gasteiger partial charge in [-0.05, 0) is 43.0 Å². The van der Waals surface area contributed by atoms with E-state index >= 15 is 0 Å². The minimum atomic E-state index is -0.0189. The van der Waals surface area contributed by atoms with Crippen molar-refractivity contribution in [3.05, 3.63) is 52.4 Å². The summed E-state index contributed by atoms with van der Waals surface area (Å²) in [6.45, 7) is 0.804. The van der Waals surface area contributed by atoms with Crippen LogP contribution in [0.15, 0.2) is 42.5 Å². The SMILES string of the molecule is O=C(/C=C/c1ccc(-c2ccccc2Cl)s1)NCC1CC1. The van der Waals surface area contributed by atoms with Gasteiger partial charge in [0.05, 0.1) is 0 Å². The van der Waals surface area contributed by atoms with E-state index in [2.05, 4.69) is 5.32 Å². The molecule has 1 N–H and O–H groups in total. The molecule has 1 amide bonds. The highest BCUT2D eigenvalue weighted by molar-refractivity contribution is 7.16. The number of nitrogens with one attached hydrogen (secondary N) is 1. The van der Waals surface area contributed by atoms with Crippen LogP contribution in [0.2, 0.25) is 5.02 Å². The third kappa shape index (κ3) is 3.96. The normalized spacial score (nSPS) is 14.5. The zero-order valence-electron chi connectivity index (χ0n) is 11.5. The number of hydrogen-bond acceptors (Lipinski definition) is 2. The van der Waals surface area contributed by atoms with E-state index < -0.39 is 0 Å². The molecule has 108 valence electrons. The summed E-state index contributed by atoms with van der Waals surface area (Å²) >= 11 is 7.82. The Labute approximate surface area is 133 Å². The Morgan fingerprint density at radius 2 is 2.10 bits per heavy atom. The van der Waals surface area contributed by atoms with Crippen molar-refractivity contribution in [1.29, 1.82) is 0 Å². The molecule has 0 saturated heterocycles. The first kappa shape index (κ1) is 14.4. The summed E-state index contributed by atoms with van der Waals surface area (Å²) in [6.07, 6.45) is 5.95. The molecule has 1 saturated carbocycles. The monoisotopic (exact) mass is 317 g/mol. The average Bonchev–Trinajstić information content (AvgIpc) is 3.20. The van der Waals surface area contributed by atoms with Crippen LogP contribution in [0, 0.1) is 5.92 Å². The minimum absolute atomic E-state index is 0.0189. The van der Waals surface area contributed by atoms with Crippen molar-refractivity contribution in [1.82, 2.24) is 5.32 Å². The molecule has 1 aromatic carbocycles. The van der Waals surface area contributed by atoms with E-state index in [0.29, 0.717) is 5.92 Å². The summed E-state index contributed by atoms with van der Waals surface area (Å²) in [5.41, 5.74) is 1.03. The highest BCUT2D eigenvalue weighted by Crippen LogP contribution is 2.33. The van der Waals surface area contributed by atoms with E-state index in [1.807, 2.05) is 42.5 Å². The summed E-state index contributed by atoms with van der Waals surface area (Å²) in [5.74, 6) is 0.686. The van der Waals surface area contributed by atoms with Gasteiger partial charge >= 0.3 is 0 Å². The molecule has 3 rings (SSSR count). The standard InChI is InChI=1S/C17H16ClNOS/c18-15-4-2-1-3-14(15)16-9-7-13(21-16)8-10-17(20)19-11-12-5-6-12/h1-4,7-10,12H,5-6,11H2,(H,19,20)/b10-8+. The molecule has 0 spiro atoms. The predicted octanol–water partition coefficient (Wildman–Crippen LogP) is 4.61. The van der Waals surface area contributed by atoms with Gasteiger partial charge in [-0.25, -0.2) is 0 Å². The summed E-state index contributed by atoms with van der Waals surface area (Å²) < 4.78 is 0. The molecule has 0 radical (unpaired) electrons. The van der Waals surface area contributed by atoms with Crippen molar-refractivity contribution < 1.29 is 4.79 Å². The van der Waals surface area contributed by atoms with Crippen LogP contribution in [0.25, 0.3) is 16.5 Å². The van der Waals surface area contributed by atoms with Gasteiger partial charge in [-0.3, -0.25) is 4.79 Å². The van der Waals surface area contributed by atoms with Gasteiger partial charge in [0.15, 0.2) is 0 Å². The number of hydrogen-bond donors (Lipinski definition) is 1. The predicted molar refractivity (Wildman–Crippen MR) is 89.5 cm³/mol. The van der Waals surface area contributed by atoms with E-state index in [1.54, 1.807) is 17.4 Å².